The number of fused-ring (bicyclic) bond motifs is 5. The molecule has 0 aliphatic heterocycles. The van der Waals surface area contributed by atoms with Crippen molar-refractivity contribution in [3.05, 3.63) is 0 Å². The van der Waals surface area contributed by atoms with Crippen molar-refractivity contribution >= 4 is 0 Å². The van der Waals surface area contributed by atoms with Gasteiger partial charge in [0.25, 0.3) is 0 Å². The van der Waals surface area contributed by atoms with Gasteiger partial charge in [0.1, 0.15) is 0 Å². The smallest absolute Gasteiger partial charge is 0.0323 e. The van der Waals surface area contributed by atoms with Gasteiger partial charge in [-0.3, -0.25) is 0 Å². The zero-order valence-electron chi connectivity index (χ0n) is 9.05. The molecule has 3 saturated carbocycles. The first-order valence-electron chi connectivity index (χ1n) is 6.22. The fourth-order valence-electron chi connectivity index (χ4n) is 4.68. The topological polar surface area (TPSA) is 0 Å². The van der Waals surface area contributed by atoms with Gasteiger partial charge in [-0.05, 0) is 61.2 Å². The summed E-state index contributed by atoms with van der Waals surface area (Å²) in [6.45, 7) is 4.92. The lowest BCUT2D eigenvalue weighted by Gasteiger charge is -2.23. The third-order valence-electron chi connectivity index (χ3n) is 5.59. The Balaban J connectivity index is 1.83. The van der Waals surface area contributed by atoms with E-state index in [0.29, 0.717) is 0 Å². The molecule has 0 heterocycles. The predicted molar refractivity (Wildman–Crippen MR) is 55.4 cm³/mol. The van der Waals surface area contributed by atoms with Crippen molar-refractivity contribution in [3.63, 3.8) is 0 Å². The Hall–Kier alpha value is 0. The zero-order valence-corrected chi connectivity index (χ0v) is 9.05. The molecule has 0 radical (unpaired) electrons. The summed E-state index contributed by atoms with van der Waals surface area (Å²) in [5.41, 5.74) is 0.733. The van der Waals surface area contributed by atoms with Crippen LogP contribution in [0.5, 0.6) is 0 Å². The van der Waals surface area contributed by atoms with Gasteiger partial charge >= 0.3 is 0 Å². The normalized spacial score (nSPS) is 58.6. The Kier molecular flexibility index (Phi) is 1.61. The third-order valence-corrected chi connectivity index (χ3v) is 5.59. The summed E-state index contributed by atoms with van der Waals surface area (Å²) in [5, 5.41) is 0. The molecule has 3 fully saturated rings. The van der Waals surface area contributed by atoms with Gasteiger partial charge in [0.05, 0.1) is 0 Å². The second-order valence-electron chi connectivity index (χ2n) is 6.23. The molecule has 4 unspecified atom stereocenters. The fourth-order valence-corrected chi connectivity index (χ4v) is 4.68. The highest BCUT2D eigenvalue weighted by Gasteiger charge is 2.54. The molecule has 3 rings (SSSR count). The van der Waals surface area contributed by atoms with Crippen LogP contribution in [0.3, 0.4) is 0 Å². The summed E-state index contributed by atoms with van der Waals surface area (Å²) in [7, 11) is 0. The lowest BCUT2D eigenvalue weighted by atomic mass is 9.82. The highest BCUT2D eigenvalue weighted by Crippen LogP contribution is 2.63. The minimum atomic E-state index is 0.733. The lowest BCUT2D eigenvalue weighted by Crippen LogP contribution is -2.15. The molecule has 0 nitrogen and oxygen atoms in total. The van der Waals surface area contributed by atoms with E-state index in [-0.39, 0.29) is 0 Å². The van der Waals surface area contributed by atoms with Gasteiger partial charge in [-0.1, -0.05) is 20.3 Å². The monoisotopic (exact) mass is 178 g/mol. The minimum absolute atomic E-state index is 0.733. The lowest BCUT2D eigenvalue weighted by molar-refractivity contribution is 0.259. The van der Waals surface area contributed by atoms with Crippen LogP contribution in [0.1, 0.15) is 52.4 Å². The van der Waals surface area contributed by atoms with E-state index in [9.17, 15) is 0 Å². The largest absolute Gasteiger partial charge is 0.0649 e. The Labute approximate surface area is 82.1 Å². The standard InChI is InChI=1S/C13H22/c1-3-13(2)7-11-9-4-5-10(6-9)12(11)8-13/h9-12H,3-8H2,1-2H3. The quantitative estimate of drug-likeness (QED) is 0.572. The second-order valence-corrected chi connectivity index (χ2v) is 6.23. The summed E-state index contributed by atoms with van der Waals surface area (Å²) in [6.07, 6.45) is 9.30. The molecule has 0 aromatic rings. The molecule has 3 aliphatic carbocycles. The van der Waals surface area contributed by atoms with Crippen LogP contribution in [0.2, 0.25) is 0 Å². The van der Waals surface area contributed by atoms with E-state index < -0.39 is 0 Å². The van der Waals surface area contributed by atoms with E-state index in [1.165, 1.54) is 6.42 Å². The van der Waals surface area contributed by atoms with Crippen molar-refractivity contribution < 1.29 is 0 Å². The van der Waals surface area contributed by atoms with Crippen LogP contribution < -0.4 is 0 Å². The Morgan fingerprint density at radius 3 is 2.08 bits per heavy atom. The summed E-state index contributed by atoms with van der Waals surface area (Å²) >= 11 is 0. The van der Waals surface area contributed by atoms with Gasteiger partial charge in [-0.2, -0.15) is 0 Å². The molecule has 0 saturated heterocycles. The van der Waals surface area contributed by atoms with Crippen LogP contribution >= 0.6 is 0 Å². The maximum absolute atomic E-state index is 2.53. The zero-order chi connectivity index (χ0) is 9.05. The average Bonchev–Trinajstić information content (AvgIpc) is 2.73. The minimum Gasteiger partial charge on any atom is -0.0649 e. The van der Waals surface area contributed by atoms with Gasteiger partial charge in [0.15, 0.2) is 0 Å². The molecular weight excluding hydrogens is 156 g/mol. The molecule has 0 spiro atoms. The molecule has 0 N–H and O–H groups in total. The van der Waals surface area contributed by atoms with E-state index in [0.717, 1.165) is 29.1 Å². The average molecular weight is 178 g/mol. The number of rotatable bonds is 1. The van der Waals surface area contributed by atoms with Gasteiger partial charge in [-0.15, -0.1) is 0 Å². The summed E-state index contributed by atoms with van der Waals surface area (Å²) in [6, 6.07) is 0. The van der Waals surface area contributed by atoms with Crippen LogP contribution in [0, 0.1) is 29.1 Å². The summed E-state index contributed by atoms with van der Waals surface area (Å²) < 4.78 is 0. The van der Waals surface area contributed by atoms with E-state index in [1.54, 1.807) is 32.1 Å². The molecule has 3 aliphatic rings. The number of hydrogen-bond acceptors (Lipinski definition) is 0. The van der Waals surface area contributed by atoms with Gasteiger partial charge in [-0.25, -0.2) is 0 Å². The Bertz CT molecular complexity index is 200. The van der Waals surface area contributed by atoms with Gasteiger partial charge in [0.2, 0.25) is 0 Å². The summed E-state index contributed by atoms with van der Waals surface area (Å²) in [5.74, 6) is 4.62. The van der Waals surface area contributed by atoms with Crippen LogP contribution in [0.15, 0.2) is 0 Å². The van der Waals surface area contributed by atoms with Gasteiger partial charge < -0.3 is 0 Å². The van der Waals surface area contributed by atoms with E-state index >= 15 is 0 Å². The van der Waals surface area contributed by atoms with Crippen molar-refractivity contribution in [3.8, 4) is 0 Å². The summed E-state index contributed by atoms with van der Waals surface area (Å²) in [4.78, 5) is 0. The second kappa shape index (κ2) is 2.52. The fraction of sp³-hybridized carbons (Fsp3) is 1.00. The van der Waals surface area contributed by atoms with Gasteiger partial charge in [0, 0.05) is 0 Å². The van der Waals surface area contributed by atoms with Crippen LogP contribution in [0.25, 0.3) is 0 Å². The van der Waals surface area contributed by atoms with Crippen molar-refractivity contribution in [2.75, 3.05) is 0 Å². The van der Waals surface area contributed by atoms with Crippen molar-refractivity contribution in [1.29, 1.82) is 0 Å². The predicted octanol–water partition coefficient (Wildman–Crippen LogP) is 3.86. The first-order valence-corrected chi connectivity index (χ1v) is 6.22. The van der Waals surface area contributed by atoms with Crippen molar-refractivity contribution in [2.24, 2.45) is 29.1 Å². The highest BCUT2D eigenvalue weighted by molar-refractivity contribution is 5.04. The molecule has 0 heteroatoms. The molecule has 74 valence electrons. The maximum atomic E-state index is 2.53. The molecule has 0 amide bonds. The van der Waals surface area contributed by atoms with Crippen molar-refractivity contribution in [2.45, 2.75) is 52.4 Å². The van der Waals surface area contributed by atoms with Crippen LogP contribution in [-0.4, -0.2) is 0 Å². The van der Waals surface area contributed by atoms with Crippen LogP contribution in [0.4, 0.5) is 0 Å². The molecular formula is C13H22. The number of hydrogen-bond donors (Lipinski definition) is 0. The van der Waals surface area contributed by atoms with E-state index in [1.807, 2.05) is 0 Å². The first kappa shape index (κ1) is 8.32. The highest BCUT2D eigenvalue weighted by atomic mass is 14.6. The molecule has 0 aromatic heterocycles. The molecule has 2 bridgehead atoms. The first-order chi connectivity index (χ1) is 6.22. The van der Waals surface area contributed by atoms with Crippen LogP contribution in [-0.2, 0) is 0 Å². The SMILES string of the molecule is CCC1(C)CC2C3CCC(C3)C2C1. The third kappa shape index (κ3) is 1.04. The van der Waals surface area contributed by atoms with E-state index in [4.69, 9.17) is 0 Å². The molecule has 0 aromatic carbocycles. The molecule has 13 heavy (non-hydrogen) atoms. The molecule has 4 atom stereocenters. The Morgan fingerprint density at radius 1 is 1.08 bits per heavy atom. The van der Waals surface area contributed by atoms with Crippen molar-refractivity contribution in [1.82, 2.24) is 0 Å². The maximum Gasteiger partial charge on any atom is -0.0323 e. The Morgan fingerprint density at radius 2 is 1.62 bits per heavy atom. The van der Waals surface area contributed by atoms with E-state index in [2.05, 4.69) is 13.8 Å².